The Balaban J connectivity index is 3.03. The minimum atomic E-state index is 0.379. The van der Waals surface area contributed by atoms with E-state index in [0.717, 1.165) is 0 Å². The lowest BCUT2D eigenvalue weighted by Crippen LogP contribution is -1.91. The Morgan fingerprint density at radius 2 is 2.12 bits per heavy atom. The summed E-state index contributed by atoms with van der Waals surface area (Å²) in [6.45, 7) is 6.91. The second-order valence-corrected chi connectivity index (χ2v) is 6.27. The molecular weight excluding hydrogens is 128 g/mol. The van der Waals surface area contributed by atoms with Crippen LogP contribution in [0.2, 0.25) is 18.6 Å². The molecule has 0 saturated heterocycles. The maximum absolute atomic E-state index is 2.39. The Labute approximate surface area is 57.0 Å². The van der Waals surface area contributed by atoms with Gasteiger partial charge in [0.05, 0.1) is 0 Å². The lowest BCUT2D eigenvalue weighted by atomic mass is 10.6. The van der Waals surface area contributed by atoms with Crippen LogP contribution in [0.4, 0.5) is 0 Å². The molecule has 0 rings (SSSR count). The smallest absolute Gasteiger partial charge is 0.0166 e. The predicted octanol–water partition coefficient (Wildman–Crippen LogP) is 0.689. The van der Waals surface area contributed by atoms with Crippen molar-refractivity contribution in [2.45, 2.75) is 32.5 Å². The highest BCUT2D eigenvalue weighted by molar-refractivity contribution is 6.54. The van der Waals surface area contributed by atoms with Gasteiger partial charge in [-0.25, -0.2) is 0 Å². The lowest BCUT2D eigenvalue weighted by Gasteiger charge is -1.87. The summed E-state index contributed by atoms with van der Waals surface area (Å²) in [5, 5.41) is 1.67. The molecule has 0 bridgehead atoms. The summed E-state index contributed by atoms with van der Waals surface area (Å²) in [4.78, 5) is 0. The summed E-state index contributed by atoms with van der Waals surface area (Å²) in [5.74, 6) is 0. The zero-order chi connectivity index (χ0) is 6.41. The molecule has 0 spiro atoms. The SMILES string of the molecule is C[SiH2]CC[SiH]=C(C)C. The van der Waals surface area contributed by atoms with E-state index in [9.17, 15) is 0 Å². The summed E-state index contributed by atoms with van der Waals surface area (Å²) < 4.78 is 0. The van der Waals surface area contributed by atoms with Crippen LogP contribution < -0.4 is 0 Å². The fourth-order valence-corrected chi connectivity index (χ4v) is 3.62. The van der Waals surface area contributed by atoms with E-state index in [1.54, 1.807) is 11.2 Å². The standard InChI is InChI=1S/C6H16Si2/c1-6(2)8-5-4-7-3/h8H,4-5,7H2,1-3H3. The molecule has 48 valence electrons. The minimum absolute atomic E-state index is 0.379. The van der Waals surface area contributed by atoms with Gasteiger partial charge in [0.15, 0.2) is 0 Å². The van der Waals surface area contributed by atoms with Crippen molar-refractivity contribution < 1.29 is 0 Å². The predicted molar refractivity (Wildman–Crippen MR) is 47.5 cm³/mol. The van der Waals surface area contributed by atoms with Crippen molar-refractivity contribution in [1.29, 1.82) is 0 Å². The molecule has 8 heavy (non-hydrogen) atoms. The van der Waals surface area contributed by atoms with Gasteiger partial charge in [0.1, 0.15) is 0 Å². The van der Waals surface area contributed by atoms with Gasteiger partial charge in [0, 0.05) is 9.52 Å². The van der Waals surface area contributed by atoms with E-state index < -0.39 is 0 Å². The van der Waals surface area contributed by atoms with E-state index in [0.29, 0.717) is 18.7 Å². The lowest BCUT2D eigenvalue weighted by molar-refractivity contribution is 1.43. The van der Waals surface area contributed by atoms with E-state index >= 15 is 0 Å². The molecule has 0 amide bonds. The van der Waals surface area contributed by atoms with Crippen LogP contribution >= 0.6 is 0 Å². The van der Waals surface area contributed by atoms with Crippen LogP contribution in [0.1, 0.15) is 13.8 Å². The molecule has 0 saturated carbocycles. The first-order chi connectivity index (χ1) is 3.77. The van der Waals surface area contributed by atoms with Crippen molar-refractivity contribution in [3.05, 3.63) is 0 Å². The maximum Gasteiger partial charge on any atom is 0.0166 e. The quantitative estimate of drug-likeness (QED) is 0.404. The largest absolute Gasteiger partial charge is 0.0987 e. The second-order valence-electron chi connectivity index (χ2n) is 2.42. The molecule has 0 aliphatic rings. The normalized spacial score (nSPS) is 10.4. The fourth-order valence-electron chi connectivity index (χ4n) is 0.595. The Morgan fingerprint density at radius 1 is 1.50 bits per heavy atom. The van der Waals surface area contributed by atoms with Crippen molar-refractivity contribution in [2.24, 2.45) is 0 Å². The van der Waals surface area contributed by atoms with Crippen LogP contribution in [0.3, 0.4) is 0 Å². The fraction of sp³-hybridized carbons (Fsp3) is 0.833. The minimum Gasteiger partial charge on any atom is -0.0987 e. The van der Waals surface area contributed by atoms with Crippen molar-refractivity contribution in [1.82, 2.24) is 0 Å². The molecule has 0 N–H and O–H groups in total. The van der Waals surface area contributed by atoms with Crippen LogP contribution in [-0.2, 0) is 0 Å². The molecule has 0 fully saturated rings. The summed E-state index contributed by atoms with van der Waals surface area (Å²) in [6.07, 6.45) is 0. The molecule has 0 aliphatic heterocycles. The first kappa shape index (κ1) is 8.30. The van der Waals surface area contributed by atoms with Gasteiger partial charge in [0.2, 0.25) is 0 Å². The van der Waals surface area contributed by atoms with E-state index in [1.807, 2.05) is 0 Å². The van der Waals surface area contributed by atoms with Gasteiger partial charge in [0.25, 0.3) is 0 Å². The summed E-state index contributed by atoms with van der Waals surface area (Å²) in [7, 11) is 1.10. The van der Waals surface area contributed by atoms with Crippen LogP contribution in [0, 0.1) is 0 Å². The average Bonchev–Trinajstić information content (AvgIpc) is 1.66. The van der Waals surface area contributed by atoms with E-state index in [-0.39, 0.29) is 0 Å². The average molecular weight is 144 g/mol. The molecule has 0 aliphatic carbocycles. The van der Waals surface area contributed by atoms with Gasteiger partial charge in [-0.15, -0.1) is 0 Å². The molecule has 0 unspecified atom stereocenters. The summed E-state index contributed by atoms with van der Waals surface area (Å²) in [6, 6.07) is 3.10. The van der Waals surface area contributed by atoms with Crippen LogP contribution in [0.15, 0.2) is 0 Å². The molecule has 0 heterocycles. The van der Waals surface area contributed by atoms with Gasteiger partial charge in [-0.3, -0.25) is 0 Å². The molecule has 0 aromatic heterocycles. The highest BCUT2D eigenvalue weighted by atomic mass is 28.2. The Hall–Kier alpha value is 0.304. The van der Waals surface area contributed by atoms with Gasteiger partial charge in [-0.1, -0.05) is 17.8 Å². The highest BCUT2D eigenvalue weighted by Crippen LogP contribution is 1.83. The third-order valence-electron chi connectivity index (χ3n) is 1.11. The van der Waals surface area contributed by atoms with Crippen molar-refractivity contribution in [2.75, 3.05) is 0 Å². The van der Waals surface area contributed by atoms with E-state index in [1.165, 1.54) is 6.04 Å². The molecule has 0 nitrogen and oxygen atoms in total. The maximum atomic E-state index is 2.39. The zero-order valence-corrected chi connectivity index (χ0v) is 8.77. The molecule has 0 aromatic carbocycles. The summed E-state index contributed by atoms with van der Waals surface area (Å²) in [5.41, 5.74) is 0. The van der Waals surface area contributed by atoms with E-state index in [2.05, 4.69) is 20.4 Å². The molecule has 2 heteroatoms. The summed E-state index contributed by atoms with van der Waals surface area (Å²) >= 11 is 0. The monoisotopic (exact) mass is 144 g/mol. The highest BCUT2D eigenvalue weighted by Gasteiger charge is 1.79. The van der Waals surface area contributed by atoms with Crippen molar-refractivity contribution in [3.8, 4) is 0 Å². The Morgan fingerprint density at radius 3 is 2.50 bits per heavy atom. The first-order valence-corrected chi connectivity index (χ1v) is 7.21. The van der Waals surface area contributed by atoms with Gasteiger partial charge in [-0.05, 0) is 29.0 Å². The molecule has 0 radical (unpaired) electrons. The Kier molecular flexibility index (Phi) is 5.65. The number of hydrogen-bond donors (Lipinski definition) is 0. The van der Waals surface area contributed by atoms with Crippen LogP contribution in [0.25, 0.3) is 0 Å². The third kappa shape index (κ3) is 6.30. The number of rotatable bonds is 3. The molecule has 0 aromatic rings. The van der Waals surface area contributed by atoms with Gasteiger partial charge < -0.3 is 0 Å². The van der Waals surface area contributed by atoms with Crippen molar-refractivity contribution in [3.63, 3.8) is 0 Å². The molecular formula is C6H16Si2. The molecule has 0 atom stereocenters. The van der Waals surface area contributed by atoms with Crippen LogP contribution in [0.5, 0.6) is 0 Å². The topological polar surface area (TPSA) is 0 Å². The number of hydrogen-bond acceptors (Lipinski definition) is 0. The van der Waals surface area contributed by atoms with E-state index in [4.69, 9.17) is 0 Å². The van der Waals surface area contributed by atoms with Crippen molar-refractivity contribution >= 4 is 23.8 Å². The van der Waals surface area contributed by atoms with Gasteiger partial charge in [-0.2, -0.15) is 0 Å². The first-order valence-electron chi connectivity index (χ1n) is 3.40. The Bertz CT molecular complexity index is 72.6. The third-order valence-corrected chi connectivity index (χ3v) is 4.56. The second kappa shape index (κ2) is 5.44. The van der Waals surface area contributed by atoms with Gasteiger partial charge >= 0.3 is 0 Å². The van der Waals surface area contributed by atoms with Crippen LogP contribution in [-0.4, -0.2) is 23.8 Å². The zero-order valence-electron chi connectivity index (χ0n) is 6.20.